The van der Waals surface area contributed by atoms with Crippen molar-refractivity contribution in [3.63, 3.8) is 0 Å². The van der Waals surface area contributed by atoms with E-state index in [4.69, 9.17) is 10.8 Å². The maximum absolute atomic E-state index is 10.7. The number of halogens is 1. The maximum Gasteiger partial charge on any atom is 0.328 e. The molecule has 0 amide bonds. The number of H-pyrrole nitrogens is 1. The number of nitrogens with one attached hydrogen (secondary N) is 1. The largest absolute Gasteiger partial charge is 0.480 e. The van der Waals surface area contributed by atoms with E-state index in [1.807, 2.05) is 24.3 Å². The van der Waals surface area contributed by atoms with Crippen LogP contribution in [0.15, 0.2) is 34.9 Å². The molecule has 0 bridgehead atoms. The Balaban J connectivity index is 2.29. The summed E-state index contributed by atoms with van der Waals surface area (Å²) in [6.45, 7) is 0. The van der Waals surface area contributed by atoms with Crippen LogP contribution in [0.25, 0.3) is 11.3 Å². The highest BCUT2D eigenvalue weighted by Crippen LogP contribution is 2.21. The summed E-state index contributed by atoms with van der Waals surface area (Å²) in [5.74, 6) is -0.864. The van der Waals surface area contributed by atoms with Crippen molar-refractivity contribution in [1.29, 1.82) is 0 Å². The predicted molar refractivity (Wildman–Crippen MR) is 66.3 cm³/mol. The van der Waals surface area contributed by atoms with Gasteiger partial charge in [-0.1, -0.05) is 28.1 Å². The second-order valence-electron chi connectivity index (χ2n) is 3.50. The first-order valence-corrected chi connectivity index (χ1v) is 5.66. The molecule has 1 unspecified atom stereocenters. The summed E-state index contributed by atoms with van der Waals surface area (Å²) in [4.78, 5) is 17.6. The minimum atomic E-state index is -1.13. The van der Waals surface area contributed by atoms with E-state index >= 15 is 0 Å². The van der Waals surface area contributed by atoms with E-state index in [0.717, 1.165) is 15.7 Å². The molecule has 0 aliphatic carbocycles. The average molecular weight is 296 g/mol. The molecule has 0 fully saturated rings. The van der Waals surface area contributed by atoms with Gasteiger partial charge in [0.25, 0.3) is 0 Å². The molecule has 17 heavy (non-hydrogen) atoms. The first-order chi connectivity index (χ1) is 8.08. The molecule has 0 aliphatic rings. The number of nitrogens with zero attached hydrogens (tertiary/aromatic N) is 1. The summed E-state index contributed by atoms with van der Waals surface area (Å²) in [6, 6.07) is 6.46. The van der Waals surface area contributed by atoms with Gasteiger partial charge in [0.05, 0.1) is 11.9 Å². The smallest absolute Gasteiger partial charge is 0.328 e. The normalized spacial score (nSPS) is 12.4. The summed E-state index contributed by atoms with van der Waals surface area (Å²) in [5, 5.41) is 8.76. The molecule has 0 saturated carbocycles. The fraction of sp³-hybridized carbons (Fsp3) is 0.0909. The first kappa shape index (κ1) is 11.8. The van der Waals surface area contributed by atoms with E-state index in [1.54, 1.807) is 6.20 Å². The van der Waals surface area contributed by atoms with E-state index in [9.17, 15) is 4.79 Å². The Morgan fingerprint density at radius 1 is 1.41 bits per heavy atom. The second-order valence-corrected chi connectivity index (χ2v) is 4.42. The molecule has 1 aromatic heterocycles. The van der Waals surface area contributed by atoms with Gasteiger partial charge in [-0.05, 0) is 17.7 Å². The second kappa shape index (κ2) is 4.68. The van der Waals surface area contributed by atoms with Crippen molar-refractivity contribution >= 4 is 21.9 Å². The SMILES string of the molecule is NC(C(=O)O)c1ncc(-c2ccc(Br)cc2)[nH]1. The highest BCUT2D eigenvalue weighted by molar-refractivity contribution is 9.10. The zero-order valence-electron chi connectivity index (χ0n) is 8.72. The maximum atomic E-state index is 10.7. The third kappa shape index (κ3) is 2.54. The molecule has 0 spiro atoms. The van der Waals surface area contributed by atoms with Crippen molar-refractivity contribution < 1.29 is 9.90 Å². The van der Waals surface area contributed by atoms with Gasteiger partial charge in [-0.3, -0.25) is 4.79 Å². The van der Waals surface area contributed by atoms with Crippen LogP contribution in [0, 0.1) is 0 Å². The van der Waals surface area contributed by atoms with Crippen LogP contribution in [-0.2, 0) is 4.79 Å². The Kier molecular flexibility index (Phi) is 3.26. The molecule has 88 valence electrons. The summed E-state index contributed by atoms with van der Waals surface area (Å²) < 4.78 is 0.975. The van der Waals surface area contributed by atoms with Crippen LogP contribution >= 0.6 is 15.9 Å². The van der Waals surface area contributed by atoms with Crippen molar-refractivity contribution in [1.82, 2.24) is 9.97 Å². The summed E-state index contributed by atoms with van der Waals surface area (Å²) in [6.07, 6.45) is 1.57. The van der Waals surface area contributed by atoms with Crippen molar-refractivity contribution in [2.45, 2.75) is 6.04 Å². The van der Waals surface area contributed by atoms with Gasteiger partial charge >= 0.3 is 5.97 Å². The number of benzene rings is 1. The van der Waals surface area contributed by atoms with Crippen molar-refractivity contribution in [3.8, 4) is 11.3 Å². The number of aromatic nitrogens is 2. The highest BCUT2D eigenvalue weighted by Gasteiger charge is 2.17. The molecule has 5 nitrogen and oxygen atoms in total. The fourth-order valence-electron chi connectivity index (χ4n) is 1.39. The van der Waals surface area contributed by atoms with Crippen LogP contribution in [-0.4, -0.2) is 21.0 Å². The van der Waals surface area contributed by atoms with Crippen LogP contribution in [0.5, 0.6) is 0 Å². The number of aliphatic carboxylic acids is 1. The molecule has 1 aromatic carbocycles. The molecule has 6 heteroatoms. The lowest BCUT2D eigenvalue weighted by atomic mass is 10.2. The number of nitrogens with two attached hydrogens (primary N) is 1. The van der Waals surface area contributed by atoms with Crippen LogP contribution in [0.1, 0.15) is 11.9 Å². The number of hydrogen-bond donors (Lipinski definition) is 3. The Labute approximate surface area is 106 Å². The van der Waals surface area contributed by atoms with E-state index in [1.165, 1.54) is 0 Å². The Bertz CT molecular complexity index is 536. The Hall–Kier alpha value is -1.66. The molecule has 0 saturated heterocycles. The van der Waals surface area contributed by atoms with Crippen LogP contribution in [0.2, 0.25) is 0 Å². The lowest BCUT2D eigenvalue weighted by Gasteiger charge is -2.01. The van der Waals surface area contributed by atoms with Gasteiger partial charge in [-0.2, -0.15) is 0 Å². The number of imidazole rings is 1. The van der Waals surface area contributed by atoms with Crippen molar-refractivity contribution in [2.75, 3.05) is 0 Å². The topological polar surface area (TPSA) is 92.0 Å². The lowest BCUT2D eigenvalue weighted by molar-refractivity contribution is -0.138. The van der Waals surface area contributed by atoms with E-state index < -0.39 is 12.0 Å². The molecule has 1 atom stereocenters. The van der Waals surface area contributed by atoms with Gasteiger partial charge in [0, 0.05) is 4.47 Å². The van der Waals surface area contributed by atoms with Crippen LogP contribution in [0.3, 0.4) is 0 Å². The quantitative estimate of drug-likeness (QED) is 0.807. The van der Waals surface area contributed by atoms with Crippen LogP contribution in [0.4, 0.5) is 0 Å². The van der Waals surface area contributed by atoms with Gasteiger partial charge in [0.1, 0.15) is 5.82 Å². The average Bonchev–Trinajstić information content (AvgIpc) is 2.78. The minimum Gasteiger partial charge on any atom is -0.480 e. The van der Waals surface area contributed by atoms with Crippen molar-refractivity contribution in [2.24, 2.45) is 5.73 Å². The van der Waals surface area contributed by atoms with Gasteiger partial charge in [-0.15, -0.1) is 0 Å². The molecular formula is C11H10BrN3O2. The summed E-state index contributed by atoms with van der Waals surface area (Å²) in [5.41, 5.74) is 7.11. The number of hydrogen-bond acceptors (Lipinski definition) is 3. The van der Waals surface area contributed by atoms with E-state index in [-0.39, 0.29) is 5.82 Å². The Morgan fingerprint density at radius 2 is 2.06 bits per heavy atom. The van der Waals surface area contributed by atoms with Gasteiger partial charge in [0.2, 0.25) is 0 Å². The zero-order chi connectivity index (χ0) is 12.4. The molecular weight excluding hydrogens is 286 g/mol. The van der Waals surface area contributed by atoms with E-state index in [0.29, 0.717) is 0 Å². The molecule has 0 aliphatic heterocycles. The number of aromatic amines is 1. The predicted octanol–water partition coefficient (Wildman–Crippen LogP) is 1.92. The standard InChI is InChI=1S/C11H10BrN3O2/c12-7-3-1-6(2-4-7)8-5-14-10(15-8)9(13)11(16)17/h1-5,9H,13H2,(H,14,15)(H,16,17). The summed E-state index contributed by atoms with van der Waals surface area (Å²) in [7, 11) is 0. The van der Waals surface area contributed by atoms with Gasteiger partial charge in [-0.25, -0.2) is 4.98 Å². The number of carbonyl (C=O) groups is 1. The molecule has 4 N–H and O–H groups in total. The van der Waals surface area contributed by atoms with Gasteiger partial charge < -0.3 is 15.8 Å². The highest BCUT2D eigenvalue weighted by atomic mass is 79.9. The zero-order valence-corrected chi connectivity index (χ0v) is 10.3. The molecule has 0 radical (unpaired) electrons. The van der Waals surface area contributed by atoms with Crippen molar-refractivity contribution in [3.05, 3.63) is 40.8 Å². The number of rotatable bonds is 3. The monoisotopic (exact) mass is 295 g/mol. The molecule has 1 heterocycles. The third-order valence-corrected chi connectivity index (χ3v) is 2.84. The molecule has 2 rings (SSSR count). The van der Waals surface area contributed by atoms with E-state index in [2.05, 4.69) is 25.9 Å². The Morgan fingerprint density at radius 3 is 2.65 bits per heavy atom. The number of carboxylic acids is 1. The number of carboxylic acid groups (broad SMARTS) is 1. The molecule has 2 aromatic rings. The first-order valence-electron chi connectivity index (χ1n) is 4.87. The fourth-order valence-corrected chi connectivity index (χ4v) is 1.65. The van der Waals surface area contributed by atoms with Gasteiger partial charge in [0.15, 0.2) is 6.04 Å². The van der Waals surface area contributed by atoms with Crippen LogP contribution < -0.4 is 5.73 Å². The summed E-state index contributed by atoms with van der Waals surface area (Å²) >= 11 is 3.34. The minimum absolute atomic E-state index is 0.246. The third-order valence-electron chi connectivity index (χ3n) is 2.31. The lowest BCUT2D eigenvalue weighted by Crippen LogP contribution is -2.21.